The van der Waals surface area contributed by atoms with Crippen LogP contribution in [0.1, 0.15) is 47.8 Å². The number of likely N-dealkylation sites (N-methyl/N-ethyl adjacent to an activating group) is 1. The van der Waals surface area contributed by atoms with Crippen LogP contribution in [0.3, 0.4) is 0 Å². The molecule has 2 aromatic heterocycles. The van der Waals surface area contributed by atoms with Gasteiger partial charge in [-0.05, 0) is 66.9 Å². The molecule has 49 heavy (non-hydrogen) atoms. The summed E-state index contributed by atoms with van der Waals surface area (Å²) in [6, 6.07) is 9.92. The number of rotatable bonds is 7. The molecule has 2 saturated heterocycles. The third-order valence-corrected chi connectivity index (χ3v) is 9.86. The molecule has 3 aliphatic heterocycles. The number of amides is 2. The Bertz CT molecular complexity index is 1870. The van der Waals surface area contributed by atoms with Crippen LogP contribution in [0, 0.1) is 5.82 Å². The van der Waals surface area contributed by atoms with Gasteiger partial charge in [-0.25, -0.2) is 14.2 Å². The Morgan fingerprint density at radius 3 is 2.55 bits per heavy atom. The second-order valence-corrected chi connectivity index (χ2v) is 13.0. The number of aromatic nitrogens is 2. The number of alkyl halides is 3. The minimum atomic E-state index is -4.58. The van der Waals surface area contributed by atoms with E-state index in [1.54, 1.807) is 23.1 Å². The van der Waals surface area contributed by atoms with Crippen molar-refractivity contribution in [3.63, 3.8) is 0 Å². The van der Waals surface area contributed by atoms with Crippen molar-refractivity contribution in [3.05, 3.63) is 82.4 Å². The van der Waals surface area contributed by atoms with Crippen molar-refractivity contribution in [3.8, 4) is 11.5 Å². The van der Waals surface area contributed by atoms with Gasteiger partial charge in [0.15, 0.2) is 17.2 Å². The third kappa shape index (κ3) is 6.57. The van der Waals surface area contributed by atoms with Crippen molar-refractivity contribution in [2.45, 2.75) is 44.6 Å². The second-order valence-electron chi connectivity index (χ2n) is 13.0. The minimum Gasteiger partial charge on any atom is -0.453 e. The number of fused-ring (bicyclic) bond motifs is 2. The smallest absolute Gasteiger partial charge is 0.416 e. The van der Waals surface area contributed by atoms with Crippen LogP contribution in [0.25, 0.3) is 11.0 Å². The zero-order valence-corrected chi connectivity index (χ0v) is 27.2. The van der Waals surface area contributed by atoms with Gasteiger partial charge in [0.2, 0.25) is 0 Å². The van der Waals surface area contributed by atoms with Crippen molar-refractivity contribution >= 4 is 22.8 Å². The first-order chi connectivity index (χ1) is 23.4. The number of benzene rings is 2. The maximum absolute atomic E-state index is 15.0. The molecule has 260 valence electrons. The summed E-state index contributed by atoms with van der Waals surface area (Å²) < 4.78 is 68.8. The molecule has 14 heteroatoms. The number of ether oxygens (including phenoxy) is 2. The number of pyridine rings is 1. The van der Waals surface area contributed by atoms with Crippen LogP contribution in [0.5, 0.6) is 11.5 Å². The van der Waals surface area contributed by atoms with E-state index in [-0.39, 0.29) is 36.8 Å². The van der Waals surface area contributed by atoms with Crippen molar-refractivity contribution < 1.29 is 36.9 Å². The number of urea groups is 1. The van der Waals surface area contributed by atoms with E-state index in [2.05, 4.69) is 27.1 Å². The lowest BCUT2D eigenvalue weighted by Gasteiger charge is -2.35. The van der Waals surface area contributed by atoms with E-state index in [1.807, 2.05) is 17.9 Å². The third-order valence-electron chi connectivity index (χ3n) is 9.86. The number of anilines is 1. The van der Waals surface area contributed by atoms with Crippen LogP contribution in [0.2, 0.25) is 0 Å². The summed E-state index contributed by atoms with van der Waals surface area (Å²) in [7, 11) is 0. The summed E-state index contributed by atoms with van der Waals surface area (Å²) >= 11 is 0. The van der Waals surface area contributed by atoms with Crippen LogP contribution in [-0.4, -0.2) is 88.3 Å². The standard InChI is InChI=1S/C35H38F4N6O4/c1-3-43-10-12-44(13-11-43)18-23-4-6-24(14-28(23)35(37,38)39)41-33(46)45-9-8-22-5-7-25(15-26(22)21(45)2)49-31-27-16-30(34(47)19-48-20-34)42-32(27)40-17-29(31)36/h4-7,14-17,21,47H,3,8-13,18-20H2,1-2H3,(H,40,42)(H,41,46)/t21-/m0/s1. The van der Waals surface area contributed by atoms with Crippen molar-refractivity contribution in [1.82, 2.24) is 24.7 Å². The highest BCUT2D eigenvalue weighted by Crippen LogP contribution is 2.39. The maximum atomic E-state index is 15.0. The number of carbonyl (C=O) groups is 1. The summed E-state index contributed by atoms with van der Waals surface area (Å²) in [5.41, 5.74) is 0.809. The summed E-state index contributed by atoms with van der Waals surface area (Å²) in [5.74, 6) is -0.430. The van der Waals surface area contributed by atoms with Gasteiger partial charge in [-0.1, -0.05) is 19.1 Å². The fourth-order valence-electron chi connectivity index (χ4n) is 6.84. The number of hydrogen-bond acceptors (Lipinski definition) is 7. The topological polar surface area (TPSA) is 106 Å². The first kappa shape index (κ1) is 33.3. The molecule has 3 aliphatic rings. The molecule has 0 bridgehead atoms. The van der Waals surface area contributed by atoms with Gasteiger partial charge >= 0.3 is 12.2 Å². The molecule has 0 spiro atoms. The average molecular weight is 683 g/mol. The van der Waals surface area contributed by atoms with Crippen LogP contribution < -0.4 is 10.1 Å². The second kappa shape index (κ2) is 12.9. The lowest BCUT2D eigenvalue weighted by molar-refractivity contribution is -0.186. The van der Waals surface area contributed by atoms with Crippen molar-refractivity contribution in [2.75, 3.05) is 57.8 Å². The number of aromatic amines is 1. The molecule has 0 unspecified atom stereocenters. The van der Waals surface area contributed by atoms with Crippen molar-refractivity contribution in [1.29, 1.82) is 0 Å². The molecule has 7 rings (SSSR count). The lowest BCUT2D eigenvalue weighted by atomic mass is 9.93. The first-order valence-corrected chi connectivity index (χ1v) is 16.4. The van der Waals surface area contributed by atoms with E-state index >= 15 is 4.39 Å². The molecule has 2 aromatic carbocycles. The lowest BCUT2D eigenvalue weighted by Crippen LogP contribution is -2.46. The van der Waals surface area contributed by atoms with Gasteiger partial charge in [0.1, 0.15) is 11.4 Å². The van der Waals surface area contributed by atoms with Crippen molar-refractivity contribution in [2.24, 2.45) is 0 Å². The highest BCUT2D eigenvalue weighted by Gasteiger charge is 2.40. The van der Waals surface area contributed by atoms with E-state index in [9.17, 15) is 23.1 Å². The Balaban J connectivity index is 1.07. The number of carbonyl (C=O) groups excluding carboxylic acids is 1. The van der Waals surface area contributed by atoms with E-state index in [1.165, 1.54) is 12.1 Å². The Kier molecular flexibility index (Phi) is 8.76. The quantitative estimate of drug-likeness (QED) is 0.205. The monoisotopic (exact) mass is 682 g/mol. The fraction of sp³-hybridized carbons (Fsp3) is 0.429. The Labute approximate surface area is 280 Å². The van der Waals surface area contributed by atoms with E-state index in [0.29, 0.717) is 48.5 Å². The zero-order chi connectivity index (χ0) is 34.5. The molecule has 4 aromatic rings. The molecule has 5 heterocycles. The highest BCUT2D eigenvalue weighted by atomic mass is 19.4. The Morgan fingerprint density at radius 1 is 1.10 bits per heavy atom. The Morgan fingerprint density at radius 2 is 1.86 bits per heavy atom. The number of nitrogens with zero attached hydrogens (tertiary/aromatic N) is 4. The van der Waals surface area contributed by atoms with Crippen LogP contribution in [0.4, 0.5) is 28.0 Å². The van der Waals surface area contributed by atoms with Gasteiger partial charge in [-0.2, -0.15) is 13.2 Å². The molecule has 0 aliphatic carbocycles. The van der Waals surface area contributed by atoms with Gasteiger partial charge < -0.3 is 34.7 Å². The summed E-state index contributed by atoms with van der Waals surface area (Å²) in [6.45, 7) is 8.59. The molecule has 0 radical (unpaired) electrons. The van der Waals surface area contributed by atoms with Gasteiger partial charge in [0.25, 0.3) is 0 Å². The van der Waals surface area contributed by atoms with Gasteiger partial charge in [0, 0.05) is 45.0 Å². The number of piperazine rings is 1. The van der Waals surface area contributed by atoms with E-state index in [0.717, 1.165) is 43.0 Å². The predicted octanol–water partition coefficient (Wildman–Crippen LogP) is 6.02. The van der Waals surface area contributed by atoms with Crippen LogP contribution in [0.15, 0.2) is 48.7 Å². The SMILES string of the molecule is CCN1CCN(Cc2ccc(NC(=O)N3CCc4ccc(Oc5c(F)cnc6[nH]c(C7(O)COC7)cc56)cc4[C@@H]3C)cc2C(F)(F)F)CC1. The molecule has 2 fully saturated rings. The molecule has 3 N–H and O–H groups in total. The number of hydrogen-bond donors (Lipinski definition) is 3. The number of nitrogens with one attached hydrogen (secondary N) is 2. The maximum Gasteiger partial charge on any atom is 0.416 e. The zero-order valence-electron chi connectivity index (χ0n) is 27.2. The van der Waals surface area contributed by atoms with Gasteiger partial charge in [-0.3, -0.25) is 4.90 Å². The minimum absolute atomic E-state index is 0.0631. The predicted molar refractivity (Wildman–Crippen MR) is 174 cm³/mol. The summed E-state index contributed by atoms with van der Waals surface area (Å²) in [6.07, 6.45) is -3.03. The molecule has 2 amide bonds. The van der Waals surface area contributed by atoms with Gasteiger partial charge in [-0.15, -0.1) is 0 Å². The highest BCUT2D eigenvalue weighted by molar-refractivity contribution is 5.90. The van der Waals surface area contributed by atoms with Gasteiger partial charge in [0.05, 0.1) is 42.1 Å². The first-order valence-electron chi connectivity index (χ1n) is 16.4. The van der Waals surface area contributed by atoms with E-state index in [4.69, 9.17) is 9.47 Å². The largest absolute Gasteiger partial charge is 0.453 e. The van der Waals surface area contributed by atoms with Crippen LogP contribution >= 0.6 is 0 Å². The molecule has 10 nitrogen and oxygen atoms in total. The average Bonchev–Trinajstić information content (AvgIpc) is 3.51. The normalized spacial score (nSPS) is 19.8. The molecule has 0 saturated carbocycles. The van der Waals surface area contributed by atoms with Crippen LogP contribution in [-0.2, 0) is 29.5 Å². The molecular weight excluding hydrogens is 644 g/mol. The number of H-pyrrole nitrogens is 1. The Hall–Kier alpha value is -4.24. The number of halogens is 4. The number of aliphatic hydroxyl groups is 1. The summed E-state index contributed by atoms with van der Waals surface area (Å²) in [5, 5.41) is 13.7. The van der Waals surface area contributed by atoms with E-state index < -0.39 is 35.2 Å². The molecule has 1 atom stereocenters. The summed E-state index contributed by atoms with van der Waals surface area (Å²) in [4.78, 5) is 26.5. The fourth-order valence-corrected chi connectivity index (χ4v) is 6.84. The molecular formula is C35H38F4N6O4.